The Kier molecular flexibility index (Phi) is 3.80. The Labute approximate surface area is 117 Å². The molecule has 7 nitrogen and oxygen atoms in total. The van der Waals surface area contributed by atoms with Gasteiger partial charge in [-0.1, -0.05) is 0 Å². The molecule has 1 aromatic rings. The lowest BCUT2D eigenvalue weighted by Crippen LogP contribution is -2.48. The molecule has 1 unspecified atom stereocenters. The van der Waals surface area contributed by atoms with Crippen LogP contribution in [0.5, 0.6) is 0 Å². The van der Waals surface area contributed by atoms with E-state index in [1.165, 1.54) is 12.3 Å². The molecule has 0 aromatic carbocycles. The van der Waals surface area contributed by atoms with Gasteiger partial charge in [-0.25, -0.2) is 0 Å². The largest absolute Gasteiger partial charge is 0.344 e. The zero-order chi connectivity index (χ0) is 14.9. The van der Waals surface area contributed by atoms with Crippen molar-refractivity contribution in [2.24, 2.45) is 0 Å². The summed E-state index contributed by atoms with van der Waals surface area (Å²) < 4.78 is 1.64. The molecular formula is C13H20N4O3. The topological polar surface area (TPSA) is 89.2 Å². The van der Waals surface area contributed by atoms with Crippen LogP contribution in [0.1, 0.15) is 43.7 Å². The second-order valence-electron chi connectivity index (χ2n) is 5.78. The second-order valence-corrected chi connectivity index (χ2v) is 5.78. The van der Waals surface area contributed by atoms with Crippen LogP contribution in [-0.2, 0) is 0 Å². The van der Waals surface area contributed by atoms with Crippen LogP contribution in [0.2, 0.25) is 0 Å². The third kappa shape index (κ3) is 2.82. The van der Waals surface area contributed by atoms with E-state index in [9.17, 15) is 14.9 Å². The standard InChI is InChI=1S/C13H20N4O3/c1-9(2)16-7-10(17(19)20)6-11(16)12(18)15-13(3)4-5-14-8-13/h6-7,9,14H,4-5,8H2,1-3H3,(H,15,18). The highest BCUT2D eigenvalue weighted by Crippen LogP contribution is 2.22. The van der Waals surface area contributed by atoms with Gasteiger partial charge in [0.15, 0.2) is 0 Å². The smallest absolute Gasteiger partial charge is 0.287 e. The summed E-state index contributed by atoms with van der Waals surface area (Å²) in [6, 6.07) is 1.32. The number of hydrogen-bond donors (Lipinski definition) is 2. The molecule has 0 aliphatic carbocycles. The molecule has 1 atom stereocenters. The minimum atomic E-state index is -0.478. The number of nitrogens with one attached hydrogen (secondary N) is 2. The normalized spacial score (nSPS) is 22.2. The minimum absolute atomic E-state index is 0.0149. The Bertz CT molecular complexity index is 530. The number of carbonyl (C=O) groups is 1. The van der Waals surface area contributed by atoms with Gasteiger partial charge in [0.2, 0.25) is 0 Å². The van der Waals surface area contributed by atoms with Crippen LogP contribution in [0, 0.1) is 10.1 Å². The van der Waals surface area contributed by atoms with E-state index in [1.54, 1.807) is 4.57 Å². The van der Waals surface area contributed by atoms with Gasteiger partial charge in [0.05, 0.1) is 16.7 Å². The molecule has 0 bridgehead atoms. The first kappa shape index (κ1) is 14.5. The number of rotatable bonds is 4. The molecule has 0 spiro atoms. The molecule has 2 N–H and O–H groups in total. The summed E-state index contributed by atoms with van der Waals surface area (Å²) >= 11 is 0. The average Bonchev–Trinajstić information content (AvgIpc) is 2.95. The van der Waals surface area contributed by atoms with E-state index in [0.717, 1.165) is 13.0 Å². The fourth-order valence-corrected chi connectivity index (χ4v) is 2.44. The van der Waals surface area contributed by atoms with Crippen LogP contribution in [-0.4, -0.2) is 34.0 Å². The maximum Gasteiger partial charge on any atom is 0.287 e. The van der Waals surface area contributed by atoms with Crippen molar-refractivity contribution in [1.82, 2.24) is 15.2 Å². The molecule has 1 aromatic heterocycles. The van der Waals surface area contributed by atoms with Crippen LogP contribution < -0.4 is 10.6 Å². The maximum absolute atomic E-state index is 12.4. The number of carbonyl (C=O) groups excluding carboxylic acids is 1. The Balaban J connectivity index is 2.26. The van der Waals surface area contributed by atoms with Crippen molar-refractivity contribution in [3.8, 4) is 0 Å². The van der Waals surface area contributed by atoms with Gasteiger partial charge in [-0.15, -0.1) is 0 Å². The fourth-order valence-electron chi connectivity index (χ4n) is 2.44. The molecule has 1 aliphatic rings. The van der Waals surface area contributed by atoms with E-state index in [1.807, 2.05) is 20.8 Å². The molecule has 0 saturated carbocycles. The number of amides is 1. The Hall–Kier alpha value is -1.89. The van der Waals surface area contributed by atoms with Crippen molar-refractivity contribution < 1.29 is 9.72 Å². The van der Waals surface area contributed by atoms with E-state index >= 15 is 0 Å². The van der Waals surface area contributed by atoms with Crippen molar-refractivity contribution in [1.29, 1.82) is 0 Å². The van der Waals surface area contributed by atoms with Gasteiger partial charge in [-0.3, -0.25) is 14.9 Å². The summed E-state index contributed by atoms with van der Waals surface area (Å²) in [5, 5.41) is 17.0. The molecule has 1 amide bonds. The molecule has 110 valence electrons. The van der Waals surface area contributed by atoms with Crippen molar-refractivity contribution in [2.45, 2.75) is 38.8 Å². The van der Waals surface area contributed by atoms with Gasteiger partial charge >= 0.3 is 0 Å². The van der Waals surface area contributed by atoms with Gasteiger partial charge in [0.1, 0.15) is 5.69 Å². The first-order chi connectivity index (χ1) is 9.32. The molecule has 1 aliphatic heterocycles. The van der Waals surface area contributed by atoms with Crippen molar-refractivity contribution in [3.63, 3.8) is 0 Å². The Morgan fingerprint density at radius 2 is 2.30 bits per heavy atom. The number of aromatic nitrogens is 1. The van der Waals surface area contributed by atoms with Crippen LogP contribution in [0.3, 0.4) is 0 Å². The minimum Gasteiger partial charge on any atom is -0.344 e. The number of nitro groups is 1. The summed E-state index contributed by atoms with van der Waals surface area (Å²) in [5.41, 5.74) is -0.0174. The SMILES string of the molecule is CC(C)n1cc([N+](=O)[O-])cc1C(=O)NC1(C)CCNC1. The van der Waals surface area contributed by atoms with Crippen LogP contribution in [0.15, 0.2) is 12.3 Å². The molecule has 2 rings (SSSR count). The first-order valence-corrected chi connectivity index (χ1v) is 6.72. The average molecular weight is 280 g/mol. The monoisotopic (exact) mass is 280 g/mol. The summed E-state index contributed by atoms with van der Waals surface area (Å²) in [7, 11) is 0. The van der Waals surface area contributed by atoms with Crippen LogP contribution in [0.4, 0.5) is 5.69 Å². The van der Waals surface area contributed by atoms with Crippen LogP contribution in [0.25, 0.3) is 0 Å². The van der Waals surface area contributed by atoms with E-state index in [0.29, 0.717) is 12.2 Å². The summed E-state index contributed by atoms with van der Waals surface area (Å²) in [6.45, 7) is 7.33. The predicted molar refractivity (Wildman–Crippen MR) is 74.8 cm³/mol. The molecule has 2 heterocycles. The third-order valence-corrected chi connectivity index (χ3v) is 3.62. The molecule has 20 heavy (non-hydrogen) atoms. The quantitative estimate of drug-likeness (QED) is 0.645. The zero-order valence-corrected chi connectivity index (χ0v) is 12.0. The molecule has 0 radical (unpaired) electrons. The van der Waals surface area contributed by atoms with E-state index in [-0.39, 0.29) is 23.2 Å². The lowest BCUT2D eigenvalue weighted by Gasteiger charge is -2.25. The first-order valence-electron chi connectivity index (χ1n) is 6.72. The lowest BCUT2D eigenvalue weighted by molar-refractivity contribution is -0.384. The summed E-state index contributed by atoms with van der Waals surface area (Å²) in [6.07, 6.45) is 2.26. The Morgan fingerprint density at radius 3 is 2.80 bits per heavy atom. The lowest BCUT2D eigenvalue weighted by atomic mass is 10.0. The third-order valence-electron chi connectivity index (χ3n) is 3.62. The van der Waals surface area contributed by atoms with E-state index in [4.69, 9.17) is 0 Å². The highest BCUT2D eigenvalue weighted by Gasteiger charge is 2.32. The van der Waals surface area contributed by atoms with Gasteiger partial charge in [0.25, 0.3) is 11.6 Å². The van der Waals surface area contributed by atoms with Crippen LogP contribution >= 0.6 is 0 Å². The van der Waals surface area contributed by atoms with Gasteiger partial charge < -0.3 is 15.2 Å². The van der Waals surface area contributed by atoms with Gasteiger partial charge in [-0.05, 0) is 33.7 Å². The number of hydrogen-bond acceptors (Lipinski definition) is 4. The number of nitrogens with zero attached hydrogens (tertiary/aromatic N) is 2. The van der Waals surface area contributed by atoms with Crippen molar-refractivity contribution in [2.75, 3.05) is 13.1 Å². The van der Waals surface area contributed by atoms with Crippen molar-refractivity contribution in [3.05, 3.63) is 28.1 Å². The fraction of sp³-hybridized carbons (Fsp3) is 0.615. The zero-order valence-electron chi connectivity index (χ0n) is 12.0. The molecule has 7 heteroatoms. The molecular weight excluding hydrogens is 260 g/mol. The summed E-state index contributed by atoms with van der Waals surface area (Å²) in [4.78, 5) is 22.8. The van der Waals surface area contributed by atoms with Crippen molar-refractivity contribution >= 4 is 11.6 Å². The second kappa shape index (κ2) is 5.24. The highest BCUT2D eigenvalue weighted by atomic mass is 16.6. The van der Waals surface area contributed by atoms with Gasteiger partial charge in [0, 0.05) is 18.7 Å². The molecule has 1 fully saturated rings. The predicted octanol–water partition coefficient (Wildman–Crippen LogP) is 1.46. The molecule has 1 saturated heterocycles. The van der Waals surface area contributed by atoms with Gasteiger partial charge in [-0.2, -0.15) is 0 Å². The summed E-state index contributed by atoms with van der Waals surface area (Å²) in [5.74, 6) is -0.266. The Morgan fingerprint density at radius 1 is 1.60 bits per heavy atom. The highest BCUT2D eigenvalue weighted by molar-refractivity contribution is 5.94. The van der Waals surface area contributed by atoms with E-state index in [2.05, 4.69) is 10.6 Å². The maximum atomic E-state index is 12.4. The van der Waals surface area contributed by atoms with E-state index < -0.39 is 4.92 Å².